The van der Waals surface area contributed by atoms with Gasteiger partial charge in [0.2, 0.25) is 10.0 Å². The molecular weight excluding hydrogens is 177 g/mol. The lowest BCUT2D eigenvalue weighted by Gasteiger charge is -1.97. The minimum absolute atomic E-state index is 0.0353. The van der Waals surface area contributed by atoms with E-state index in [0.717, 1.165) is 7.48 Å². The van der Waals surface area contributed by atoms with Gasteiger partial charge in [0.15, 0.2) is 0 Å². The first kappa shape index (κ1) is 9.24. The van der Waals surface area contributed by atoms with Crippen LogP contribution in [0, 0.1) is 0 Å². The van der Waals surface area contributed by atoms with Gasteiger partial charge in [0, 0.05) is 0 Å². The molecule has 0 aliphatic rings. The van der Waals surface area contributed by atoms with E-state index in [4.69, 9.17) is 10.2 Å². The van der Waals surface area contributed by atoms with Crippen LogP contribution in [-0.2, 0) is 10.0 Å². The van der Waals surface area contributed by atoms with Crippen molar-refractivity contribution < 1.29 is 13.4 Å². The fourth-order valence-corrected chi connectivity index (χ4v) is 1.26. The molecule has 0 fully saturated rings. The number of nitrogens with two attached hydrogens (primary N) is 1. The van der Waals surface area contributed by atoms with Gasteiger partial charge in [-0.15, -0.1) is 0 Å². The molecule has 0 heterocycles. The SMILES string of the molecule is NS(=O)(=O)c1ccc([B]O)cc1. The molecule has 1 radical (unpaired) electrons. The van der Waals surface area contributed by atoms with Gasteiger partial charge >= 0.3 is 7.48 Å². The van der Waals surface area contributed by atoms with Crippen LogP contribution in [0.2, 0.25) is 0 Å². The van der Waals surface area contributed by atoms with Crippen molar-refractivity contribution in [2.24, 2.45) is 5.14 Å². The van der Waals surface area contributed by atoms with Gasteiger partial charge in [-0.3, -0.25) is 0 Å². The van der Waals surface area contributed by atoms with Crippen LogP contribution >= 0.6 is 0 Å². The van der Waals surface area contributed by atoms with Crippen LogP contribution in [0.1, 0.15) is 0 Å². The van der Waals surface area contributed by atoms with Gasteiger partial charge in [-0.05, 0) is 12.1 Å². The molecule has 0 aromatic heterocycles. The first-order valence-electron chi connectivity index (χ1n) is 3.14. The molecule has 1 aromatic carbocycles. The molecule has 63 valence electrons. The van der Waals surface area contributed by atoms with Crippen molar-refractivity contribution in [1.82, 2.24) is 0 Å². The molecule has 0 unspecified atom stereocenters. The van der Waals surface area contributed by atoms with E-state index < -0.39 is 10.0 Å². The van der Waals surface area contributed by atoms with Gasteiger partial charge in [0.05, 0.1) is 4.90 Å². The molecule has 1 rings (SSSR count). The van der Waals surface area contributed by atoms with E-state index in [1.54, 1.807) is 0 Å². The van der Waals surface area contributed by atoms with Crippen molar-refractivity contribution in [3.63, 3.8) is 0 Å². The molecular formula is C6H7BNO3S. The van der Waals surface area contributed by atoms with Gasteiger partial charge in [-0.25, -0.2) is 13.6 Å². The Morgan fingerprint density at radius 2 is 1.75 bits per heavy atom. The van der Waals surface area contributed by atoms with E-state index in [9.17, 15) is 8.42 Å². The van der Waals surface area contributed by atoms with Gasteiger partial charge in [0.25, 0.3) is 0 Å². The minimum Gasteiger partial charge on any atom is -0.450 e. The predicted octanol–water partition coefficient (Wildman–Crippen LogP) is -1.43. The molecule has 6 heteroatoms. The van der Waals surface area contributed by atoms with E-state index in [1.807, 2.05) is 0 Å². The standard InChI is InChI=1S/C6H7BNO3S/c8-12(10,11)6-3-1-5(7-9)2-4-6/h1-4,9H,(H2,8,10,11). The highest BCUT2D eigenvalue weighted by Gasteiger charge is 2.06. The summed E-state index contributed by atoms with van der Waals surface area (Å²) < 4.78 is 21.5. The fraction of sp³-hybridized carbons (Fsp3) is 0. The van der Waals surface area contributed by atoms with Gasteiger partial charge in [0.1, 0.15) is 0 Å². The summed E-state index contributed by atoms with van der Waals surface area (Å²) >= 11 is 0. The Hall–Kier alpha value is -0.845. The topological polar surface area (TPSA) is 80.4 Å². The molecule has 0 saturated carbocycles. The van der Waals surface area contributed by atoms with Crippen molar-refractivity contribution in [3.8, 4) is 0 Å². The zero-order chi connectivity index (χ0) is 9.19. The zero-order valence-corrected chi connectivity index (χ0v) is 6.95. The lowest BCUT2D eigenvalue weighted by Crippen LogP contribution is -2.16. The highest BCUT2D eigenvalue weighted by molar-refractivity contribution is 7.89. The third-order valence-corrected chi connectivity index (χ3v) is 2.29. The quantitative estimate of drug-likeness (QED) is 0.553. The van der Waals surface area contributed by atoms with Gasteiger partial charge in [-0.1, -0.05) is 17.6 Å². The summed E-state index contributed by atoms with van der Waals surface area (Å²) in [6, 6.07) is 5.58. The first-order valence-corrected chi connectivity index (χ1v) is 4.69. The van der Waals surface area contributed by atoms with E-state index in [2.05, 4.69) is 0 Å². The van der Waals surface area contributed by atoms with Crippen molar-refractivity contribution in [1.29, 1.82) is 0 Å². The summed E-state index contributed by atoms with van der Waals surface area (Å²) in [4.78, 5) is 0.0353. The number of primary sulfonamides is 1. The van der Waals surface area contributed by atoms with Crippen LogP contribution in [0.15, 0.2) is 29.2 Å². The van der Waals surface area contributed by atoms with Crippen LogP contribution in [-0.4, -0.2) is 20.9 Å². The normalized spacial score (nSPS) is 11.2. The Labute approximate surface area is 71.3 Å². The Balaban J connectivity index is 3.09. The Bertz CT molecular complexity index is 359. The molecule has 1 aromatic rings. The van der Waals surface area contributed by atoms with Crippen molar-refractivity contribution in [2.75, 3.05) is 0 Å². The molecule has 0 aliphatic heterocycles. The Morgan fingerprint density at radius 3 is 2.08 bits per heavy atom. The average Bonchev–Trinajstić information content (AvgIpc) is 2.03. The molecule has 0 atom stereocenters. The molecule has 0 aliphatic carbocycles. The van der Waals surface area contributed by atoms with Crippen molar-refractivity contribution in [3.05, 3.63) is 24.3 Å². The van der Waals surface area contributed by atoms with Crippen LogP contribution in [0.4, 0.5) is 0 Å². The third kappa shape index (κ3) is 2.07. The largest absolute Gasteiger partial charge is 0.450 e. The summed E-state index contributed by atoms with van der Waals surface area (Å²) in [5, 5.41) is 13.4. The summed E-state index contributed by atoms with van der Waals surface area (Å²) in [7, 11) is -2.74. The number of hydrogen-bond acceptors (Lipinski definition) is 3. The summed E-state index contributed by atoms with van der Waals surface area (Å²) in [5.74, 6) is 0. The van der Waals surface area contributed by atoms with Gasteiger partial charge < -0.3 is 5.02 Å². The maximum atomic E-state index is 10.7. The summed E-state index contributed by atoms with van der Waals surface area (Å²) in [5.41, 5.74) is 0.530. The van der Waals surface area contributed by atoms with E-state index in [1.165, 1.54) is 24.3 Å². The first-order chi connectivity index (χ1) is 5.54. The fourth-order valence-electron chi connectivity index (χ4n) is 0.744. The van der Waals surface area contributed by atoms with E-state index >= 15 is 0 Å². The lowest BCUT2D eigenvalue weighted by molar-refractivity contribution is 0.597. The molecule has 0 amide bonds. The second-order valence-electron chi connectivity index (χ2n) is 2.24. The molecule has 12 heavy (non-hydrogen) atoms. The molecule has 0 spiro atoms. The number of rotatable bonds is 2. The van der Waals surface area contributed by atoms with Crippen molar-refractivity contribution in [2.45, 2.75) is 4.90 Å². The maximum Gasteiger partial charge on any atom is 0.326 e. The number of benzene rings is 1. The summed E-state index contributed by atoms with van der Waals surface area (Å²) in [6.07, 6.45) is 0. The number of hydrogen-bond donors (Lipinski definition) is 2. The van der Waals surface area contributed by atoms with E-state index in [0.29, 0.717) is 5.46 Å². The van der Waals surface area contributed by atoms with Crippen molar-refractivity contribution >= 4 is 23.0 Å². The predicted molar refractivity (Wildman–Crippen MR) is 45.4 cm³/mol. The van der Waals surface area contributed by atoms with Crippen LogP contribution < -0.4 is 10.6 Å². The Kier molecular flexibility index (Phi) is 2.51. The molecule has 3 N–H and O–H groups in total. The van der Waals surface area contributed by atoms with Crippen LogP contribution in [0.3, 0.4) is 0 Å². The second kappa shape index (κ2) is 3.26. The lowest BCUT2D eigenvalue weighted by atomic mass is 9.89. The van der Waals surface area contributed by atoms with Gasteiger partial charge in [-0.2, -0.15) is 0 Å². The highest BCUT2D eigenvalue weighted by Crippen LogP contribution is 2.02. The highest BCUT2D eigenvalue weighted by atomic mass is 32.2. The van der Waals surface area contributed by atoms with Crippen LogP contribution in [0.25, 0.3) is 0 Å². The summed E-state index contributed by atoms with van der Waals surface area (Å²) in [6.45, 7) is 0. The third-order valence-electron chi connectivity index (χ3n) is 1.36. The Morgan fingerprint density at radius 1 is 1.25 bits per heavy atom. The maximum absolute atomic E-state index is 10.7. The average molecular weight is 184 g/mol. The monoisotopic (exact) mass is 184 g/mol. The number of sulfonamides is 1. The zero-order valence-electron chi connectivity index (χ0n) is 6.14. The second-order valence-corrected chi connectivity index (χ2v) is 3.80. The minimum atomic E-state index is -3.62. The van der Waals surface area contributed by atoms with Crippen LogP contribution in [0.5, 0.6) is 0 Å². The molecule has 0 bridgehead atoms. The smallest absolute Gasteiger partial charge is 0.326 e. The molecule has 0 saturated heterocycles. The molecule has 4 nitrogen and oxygen atoms in total. The van der Waals surface area contributed by atoms with E-state index in [-0.39, 0.29) is 4.90 Å².